The van der Waals surface area contributed by atoms with Gasteiger partial charge in [-0.3, -0.25) is 5.41 Å². The Balaban J connectivity index is 2.58. The zero-order chi connectivity index (χ0) is 12.7. The molecule has 3 N–H and O–H groups in total. The van der Waals surface area contributed by atoms with E-state index in [2.05, 4.69) is 11.9 Å². The van der Waals surface area contributed by atoms with Gasteiger partial charge in [0.25, 0.3) is 0 Å². The van der Waals surface area contributed by atoms with Gasteiger partial charge in [0.05, 0.1) is 12.2 Å². The van der Waals surface area contributed by atoms with Gasteiger partial charge in [0.2, 0.25) is 5.88 Å². The number of nitrogens with one attached hydrogen (secondary N) is 1. The van der Waals surface area contributed by atoms with Crippen molar-refractivity contribution in [2.24, 2.45) is 5.73 Å². The summed E-state index contributed by atoms with van der Waals surface area (Å²) in [5, 5.41) is 7.52. The maximum Gasteiger partial charge on any atom is 0.224 e. The minimum Gasteiger partial charge on any atom is -0.477 e. The summed E-state index contributed by atoms with van der Waals surface area (Å²) < 4.78 is 5.59. The monoisotopic (exact) mass is 235 g/mol. The summed E-state index contributed by atoms with van der Waals surface area (Å²) >= 11 is 0. The maximum atomic E-state index is 7.52. The van der Waals surface area contributed by atoms with Crippen molar-refractivity contribution in [3.05, 3.63) is 23.4 Å². The van der Waals surface area contributed by atoms with E-state index in [0.717, 1.165) is 18.4 Å². The Morgan fingerprint density at radius 1 is 1.41 bits per heavy atom. The fourth-order valence-electron chi connectivity index (χ4n) is 1.67. The van der Waals surface area contributed by atoms with E-state index in [0.29, 0.717) is 18.1 Å². The first-order chi connectivity index (χ1) is 8.16. The lowest BCUT2D eigenvalue weighted by atomic mass is 10.1. The second-order valence-corrected chi connectivity index (χ2v) is 4.13. The number of amidine groups is 1. The van der Waals surface area contributed by atoms with Crippen molar-refractivity contribution >= 4 is 5.84 Å². The maximum absolute atomic E-state index is 7.52. The highest BCUT2D eigenvalue weighted by Crippen LogP contribution is 2.18. The van der Waals surface area contributed by atoms with Crippen LogP contribution in [-0.4, -0.2) is 17.4 Å². The Labute approximate surface area is 103 Å². The zero-order valence-electron chi connectivity index (χ0n) is 10.6. The fraction of sp³-hybridized carbons (Fsp3) is 0.538. The molecule has 0 amide bonds. The Bertz CT molecular complexity index is 377. The number of rotatable bonds is 7. The van der Waals surface area contributed by atoms with Crippen LogP contribution in [0.3, 0.4) is 0 Å². The lowest BCUT2D eigenvalue weighted by molar-refractivity contribution is 0.293. The van der Waals surface area contributed by atoms with Crippen LogP contribution in [-0.2, 0) is 0 Å². The first kappa shape index (κ1) is 13.5. The number of nitrogens with zero attached hydrogens (tertiary/aromatic N) is 1. The molecule has 0 spiro atoms. The molecule has 0 aliphatic carbocycles. The van der Waals surface area contributed by atoms with Gasteiger partial charge in [-0.15, -0.1) is 0 Å². The summed E-state index contributed by atoms with van der Waals surface area (Å²) in [4.78, 5) is 4.14. The Morgan fingerprint density at radius 2 is 2.18 bits per heavy atom. The molecular weight excluding hydrogens is 214 g/mol. The molecule has 0 unspecified atom stereocenters. The average Bonchev–Trinajstić information content (AvgIpc) is 2.28. The van der Waals surface area contributed by atoms with Crippen LogP contribution in [0.15, 0.2) is 12.3 Å². The topological polar surface area (TPSA) is 72.0 Å². The van der Waals surface area contributed by atoms with E-state index in [4.69, 9.17) is 15.9 Å². The summed E-state index contributed by atoms with van der Waals surface area (Å²) in [5.41, 5.74) is 7.07. The van der Waals surface area contributed by atoms with Gasteiger partial charge in [0.1, 0.15) is 5.84 Å². The molecule has 1 aromatic rings. The van der Waals surface area contributed by atoms with E-state index in [-0.39, 0.29) is 5.84 Å². The van der Waals surface area contributed by atoms with Gasteiger partial charge in [-0.2, -0.15) is 0 Å². The van der Waals surface area contributed by atoms with Gasteiger partial charge in [0, 0.05) is 6.20 Å². The molecule has 0 atom stereocenters. The number of ether oxygens (including phenoxy) is 1. The van der Waals surface area contributed by atoms with Crippen LogP contribution in [0.4, 0.5) is 0 Å². The van der Waals surface area contributed by atoms with E-state index < -0.39 is 0 Å². The summed E-state index contributed by atoms with van der Waals surface area (Å²) in [7, 11) is 0. The van der Waals surface area contributed by atoms with Crippen molar-refractivity contribution in [2.75, 3.05) is 6.61 Å². The van der Waals surface area contributed by atoms with E-state index >= 15 is 0 Å². The average molecular weight is 235 g/mol. The SMILES string of the molecule is CCCCCCOc1nccc(C)c1C(=N)N. The molecule has 1 heterocycles. The van der Waals surface area contributed by atoms with Crippen LogP contribution in [0.5, 0.6) is 5.88 Å². The van der Waals surface area contributed by atoms with Crippen LogP contribution < -0.4 is 10.5 Å². The van der Waals surface area contributed by atoms with Gasteiger partial charge in [-0.05, 0) is 25.0 Å². The molecule has 4 heteroatoms. The summed E-state index contributed by atoms with van der Waals surface area (Å²) in [6.45, 7) is 4.72. The van der Waals surface area contributed by atoms with E-state index in [9.17, 15) is 0 Å². The van der Waals surface area contributed by atoms with Crippen LogP contribution in [0.2, 0.25) is 0 Å². The Kier molecular flexibility index (Phi) is 5.46. The highest BCUT2D eigenvalue weighted by atomic mass is 16.5. The van der Waals surface area contributed by atoms with Crippen molar-refractivity contribution in [3.8, 4) is 5.88 Å². The van der Waals surface area contributed by atoms with Gasteiger partial charge in [-0.1, -0.05) is 26.2 Å². The quantitative estimate of drug-likeness (QED) is 0.433. The van der Waals surface area contributed by atoms with Crippen molar-refractivity contribution in [3.63, 3.8) is 0 Å². The minimum absolute atomic E-state index is 0.0131. The molecule has 4 nitrogen and oxygen atoms in total. The van der Waals surface area contributed by atoms with Crippen molar-refractivity contribution in [1.29, 1.82) is 5.41 Å². The van der Waals surface area contributed by atoms with Gasteiger partial charge in [-0.25, -0.2) is 4.98 Å². The Hall–Kier alpha value is -1.58. The number of unbranched alkanes of at least 4 members (excludes halogenated alkanes) is 3. The number of pyridine rings is 1. The second-order valence-electron chi connectivity index (χ2n) is 4.13. The van der Waals surface area contributed by atoms with Crippen LogP contribution >= 0.6 is 0 Å². The number of aromatic nitrogens is 1. The predicted octanol–water partition coefficient (Wildman–Crippen LogP) is 2.63. The fourth-order valence-corrected chi connectivity index (χ4v) is 1.67. The zero-order valence-corrected chi connectivity index (χ0v) is 10.6. The molecule has 94 valence electrons. The van der Waals surface area contributed by atoms with Gasteiger partial charge in [0.15, 0.2) is 0 Å². The smallest absolute Gasteiger partial charge is 0.224 e. The number of aryl methyl sites for hydroxylation is 1. The molecule has 0 radical (unpaired) electrons. The number of hydrogen-bond acceptors (Lipinski definition) is 3. The highest BCUT2D eigenvalue weighted by Gasteiger charge is 2.10. The highest BCUT2D eigenvalue weighted by molar-refractivity contribution is 5.98. The summed E-state index contributed by atoms with van der Waals surface area (Å²) in [6.07, 6.45) is 6.30. The standard InChI is InChI=1S/C13H21N3O/c1-3-4-5-6-9-17-13-11(12(14)15)10(2)7-8-16-13/h7-8H,3-6,9H2,1-2H3,(H3,14,15). The molecule has 1 aromatic heterocycles. The molecule has 1 rings (SSSR count). The predicted molar refractivity (Wildman–Crippen MR) is 69.6 cm³/mol. The van der Waals surface area contributed by atoms with Crippen LogP contribution in [0.1, 0.15) is 43.7 Å². The molecule has 0 aliphatic heterocycles. The summed E-state index contributed by atoms with van der Waals surface area (Å²) in [5.74, 6) is 0.494. The second kappa shape index (κ2) is 6.89. The summed E-state index contributed by atoms with van der Waals surface area (Å²) in [6, 6.07) is 1.83. The molecule has 0 aromatic carbocycles. The lowest BCUT2D eigenvalue weighted by Crippen LogP contribution is -2.16. The van der Waals surface area contributed by atoms with Gasteiger partial charge >= 0.3 is 0 Å². The molecule has 0 fully saturated rings. The van der Waals surface area contributed by atoms with Crippen molar-refractivity contribution < 1.29 is 4.74 Å². The molecule has 0 bridgehead atoms. The molecule has 17 heavy (non-hydrogen) atoms. The third-order valence-corrected chi connectivity index (χ3v) is 2.63. The molecule has 0 saturated heterocycles. The third kappa shape index (κ3) is 4.06. The molecular formula is C13H21N3O. The third-order valence-electron chi connectivity index (χ3n) is 2.63. The molecule has 0 aliphatic rings. The van der Waals surface area contributed by atoms with E-state index in [1.54, 1.807) is 6.20 Å². The minimum atomic E-state index is 0.0131. The van der Waals surface area contributed by atoms with E-state index in [1.165, 1.54) is 12.8 Å². The van der Waals surface area contributed by atoms with Crippen molar-refractivity contribution in [2.45, 2.75) is 39.5 Å². The molecule has 0 saturated carbocycles. The first-order valence-electron chi connectivity index (χ1n) is 6.09. The van der Waals surface area contributed by atoms with Crippen molar-refractivity contribution in [1.82, 2.24) is 4.98 Å². The van der Waals surface area contributed by atoms with Crippen LogP contribution in [0.25, 0.3) is 0 Å². The normalized spacial score (nSPS) is 10.2. The van der Waals surface area contributed by atoms with E-state index in [1.807, 2.05) is 13.0 Å². The number of nitrogen functional groups attached to an aromatic ring is 1. The van der Waals surface area contributed by atoms with Crippen LogP contribution in [0, 0.1) is 12.3 Å². The lowest BCUT2D eigenvalue weighted by Gasteiger charge is -2.11. The number of hydrogen-bond donors (Lipinski definition) is 2. The largest absolute Gasteiger partial charge is 0.477 e. The number of nitrogens with two attached hydrogens (primary N) is 1. The Morgan fingerprint density at radius 3 is 2.82 bits per heavy atom. The first-order valence-corrected chi connectivity index (χ1v) is 6.09. The van der Waals surface area contributed by atoms with Gasteiger partial charge < -0.3 is 10.5 Å².